The van der Waals surface area contributed by atoms with E-state index in [-0.39, 0.29) is 17.7 Å². The summed E-state index contributed by atoms with van der Waals surface area (Å²) in [6, 6.07) is 11.7. The maximum absolute atomic E-state index is 13.1. The minimum absolute atomic E-state index is 0.193. The third-order valence-corrected chi connectivity index (χ3v) is 3.77. The Morgan fingerprint density at radius 3 is 2.29 bits per heavy atom. The van der Waals surface area contributed by atoms with Crippen LogP contribution in [-0.2, 0) is 6.42 Å². The Balaban J connectivity index is 1.93. The van der Waals surface area contributed by atoms with Crippen LogP contribution in [0, 0.1) is 18.6 Å². The average Bonchev–Trinajstić information content (AvgIpc) is 2.47. The Labute approximate surface area is 125 Å². The van der Waals surface area contributed by atoms with Crippen molar-refractivity contribution < 1.29 is 8.78 Å². The van der Waals surface area contributed by atoms with Gasteiger partial charge in [0.1, 0.15) is 11.6 Å². The number of benzene rings is 2. The van der Waals surface area contributed by atoms with Crippen molar-refractivity contribution in [1.29, 1.82) is 0 Å². The van der Waals surface area contributed by atoms with Crippen molar-refractivity contribution in [1.82, 2.24) is 5.32 Å². The molecule has 2 rings (SSSR count). The fourth-order valence-corrected chi connectivity index (χ4v) is 2.51. The van der Waals surface area contributed by atoms with Crippen molar-refractivity contribution in [3.63, 3.8) is 0 Å². The molecule has 1 atom stereocenters. The van der Waals surface area contributed by atoms with Crippen LogP contribution in [0.4, 0.5) is 8.78 Å². The van der Waals surface area contributed by atoms with E-state index in [9.17, 15) is 8.78 Å². The third-order valence-electron chi connectivity index (χ3n) is 3.77. The van der Waals surface area contributed by atoms with Crippen LogP contribution in [0.3, 0.4) is 0 Å². The SMILES string of the molecule is CCC(NCCc1ccc(F)cc1C)c1ccc(F)cc1. The minimum Gasteiger partial charge on any atom is -0.310 e. The fraction of sp³-hybridized carbons (Fsp3) is 0.333. The average molecular weight is 289 g/mol. The maximum atomic E-state index is 13.1. The number of hydrogen-bond donors (Lipinski definition) is 1. The Kier molecular flexibility index (Phi) is 5.45. The number of nitrogens with one attached hydrogen (secondary N) is 1. The highest BCUT2D eigenvalue weighted by Crippen LogP contribution is 2.17. The zero-order valence-corrected chi connectivity index (χ0v) is 12.5. The van der Waals surface area contributed by atoms with Gasteiger partial charge in [-0.05, 0) is 67.3 Å². The third kappa shape index (κ3) is 4.36. The molecule has 0 radical (unpaired) electrons. The predicted molar refractivity (Wildman–Crippen MR) is 82.3 cm³/mol. The standard InChI is InChI=1S/C18H21F2N/c1-3-18(15-5-7-16(19)8-6-15)21-11-10-14-4-9-17(20)12-13(14)2/h4-9,12,18,21H,3,10-11H2,1-2H3. The molecule has 0 amide bonds. The van der Waals surface area contributed by atoms with Gasteiger partial charge in [-0.3, -0.25) is 0 Å². The molecule has 0 aliphatic heterocycles. The van der Waals surface area contributed by atoms with Gasteiger partial charge in [-0.1, -0.05) is 25.1 Å². The van der Waals surface area contributed by atoms with Crippen molar-refractivity contribution in [2.24, 2.45) is 0 Å². The van der Waals surface area contributed by atoms with E-state index in [4.69, 9.17) is 0 Å². The number of hydrogen-bond acceptors (Lipinski definition) is 1. The second kappa shape index (κ2) is 7.32. The summed E-state index contributed by atoms with van der Waals surface area (Å²) in [4.78, 5) is 0. The van der Waals surface area contributed by atoms with Gasteiger partial charge in [0.15, 0.2) is 0 Å². The first-order valence-electron chi connectivity index (χ1n) is 7.34. The molecule has 0 saturated heterocycles. The van der Waals surface area contributed by atoms with Gasteiger partial charge >= 0.3 is 0 Å². The second-order valence-electron chi connectivity index (χ2n) is 5.29. The largest absolute Gasteiger partial charge is 0.310 e. The van der Waals surface area contributed by atoms with E-state index >= 15 is 0 Å². The maximum Gasteiger partial charge on any atom is 0.123 e. The summed E-state index contributed by atoms with van der Waals surface area (Å²) in [7, 11) is 0. The van der Waals surface area contributed by atoms with Crippen molar-refractivity contribution >= 4 is 0 Å². The molecule has 1 unspecified atom stereocenters. The molecule has 2 aromatic carbocycles. The van der Waals surface area contributed by atoms with E-state index in [0.717, 1.165) is 36.1 Å². The summed E-state index contributed by atoms with van der Waals surface area (Å²) in [5, 5.41) is 3.48. The predicted octanol–water partition coefficient (Wildman–Crippen LogP) is 4.56. The second-order valence-corrected chi connectivity index (χ2v) is 5.29. The number of halogens is 2. The van der Waals surface area contributed by atoms with Gasteiger partial charge in [-0.2, -0.15) is 0 Å². The van der Waals surface area contributed by atoms with Gasteiger partial charge in [0, 0.05) is 6.04 Å². The molecule has 0 heterocycles. The Morgan fingerprint density at radius 2 is 1.67 bits per heavy atom. The van der Waals surface area contributed by atoms with Crippen LogP contribution >= 0.6 is 0 Å². The summed E-state index contributed by atoms with van der Waals surface area (Å²) in [5.74, 6) is -0.405. The molecule has 1 nitrogen and oxygen atoms in total. The molecule has 0 aliphatic carbocycles. The van der Waals surface area contributed by atoms with Crippen LogP contribution < -0.4 is 5.32 Å². The Bertz CT molecular complexity index is 578. The normalized spacial score (nSPS) is 12.4. The van der Waals surface area contributed by atoms with Gasteiger partial charge in [-0.15, -0.1) is 0 Å². The summed E-state index contributed by atoms with van der Waals surface area (Å²) in [6.07, 6.45) is 1.79. The first kappa shape index (κ1) is 15.6. The zero-order valence-electron chi connectivity index (χ0n) is 12.5. The molecule has 1 N–H and O–H groups in total. The lowest BCUT2D eigenvalue weighted by Crippen LogP contribution is -2.23. The number of rotatable bonds is 6. The highest BCUT2D eigenvalue weighted by molar-refractivity contribution is 5.27. The van der Waals surface area contributed by atoms with E-state index in [1.807, 2.05) is 25.1 Å². The molecule has 0 fully saturated rings. The smallest absolute Gasteiger partial charge is 0.123 e. The fourth-order valence-electron chi connectivity index (χ4n) is 2.51. The molecule has 0 saturated carbocycles. The van der Waals surface area contributed by atoms with Crippen LogP contribution in [0.1, 0.15) is 36.1 Å². The summed E-state index contributed by atoms with van der Waals surface area (Å²) < 4.78 is 26.0. The van der Waals surface area contributed by atoms with E-state index < -0.39 is 0 Å². The van der Waals surface area contributed by atoms with Crippen molar-refractivity contribution in [3.8, 4) is 0 Å². The van der Waals surface area contributed by atoms with E-state index in [1.165, 1.54) is 18.2 Å². The van der Waals surface area contributed by atoms with Gasteiger partial charge in [0.25, 0.3) is 0 Å². The Hall–Kier alpha value is -1.74. The molecule has 21 heavy (non-hydrogen) atoms. The van der Waals surface area contributed by atoms with E-state index in [1.54, 1.807) is 6.07 Å². The monoisotopic (exact) mass is 289 g/mol. The highest BCUT2D eigenvalue weighted by atomic mass is 19.1. The topological polar surface area (TPSA) is 12.0 Å². The first-order chi connectivity index (χ1) is 10.1. The highest BCUT2D eigenvalue weighted by Gasteiger charge is 2.09. The van der Waals surface area contributed by atoms with Crippen LogP contribution in [0.15, 0.2) is 42.5 Å². The van der Waals surface area contributed by atoms with Crippen LogP contribution in [0.5, 0.6) is 0 Å². The Morgan fingerprint density at radius 1 is 1.00 bits per heavy atom. The first-order valence-corrected chi connectivity index (χ1v) is 7.34. The molecular formula is C18H21F2N. The lowest BCUT2D eigenvalue weighted by Gasteiger charge is -2.18. The van der Waals surface area contributed by atoms with Gasteiger partial charge < -0.3 is 5.32 Å². The van der Waals surface area contributed by atoms with E-state index in [2.05, 4.69) is 12.2 Å². The summed E-state index contributed by atoms with van der Waals surface area (Å²) in [6.45, 7) is 4.84. The van der Waals surface area contributed by atoms with Crippen LogP contribution in [-0.4, -0.2) is 6.54 Å². The lowest BCUT2D eigenvalue weighted by molar-refractivity contribution is 0.520. The zero-order chi connectivity index (χ0) is 15.2. The lowest BCUT2D eigenvalue weighted by atomic mass is 10.0. The minimum atomic E-state index is -0.212. The van der Waals surface area contributed by atoms with Crippen LogP contribution in [0.2, 0.25) is 0 Å². The van der Waals surface area contributed by atoms with Gasteiger partial charge in [0.2, 0.25) is 0 Å². The molecule has 0 aromatic heterocycles. The molecule has 2 aromatic rings. The molecular weight excluding hydrogens is 268 g/mol. The molecule has 0 bridgehead atoms. The van der Waals surface area contributed by atoms with Crippen molar-refractivity contribution in [2.75, 3.05) is 6.54 Å². The molecule has 112 valence electrons. The van der Waals surface area contributed by atoms with Gasteiger partial charge in [0.05, 0.1) is 0 Å². The summed E-state index contributed by atoms with van der Waals surface area (Å²) >= 11 is 0. The number of aryl methyl sites for hydroxylation is 1. The van der Waals surface area contributed by atoms with Crippen molar-refractivity contribution in [3.05, 3.63) is 70.8 Å². The van der Waals surface area contributed by atoms with Crippen LogP contribution in [0.25, 0.3) is 0 Å². The van der Waals surface area contributed by atoms with Crippen molar-refractivity contribution in [2.45, 2.75) is 32.7 Å². The molecule has 3 heteroatoms. The van der Waals surface area contributed by atoms with Gasteiger partial charge in [-0.25, -0.2) is 8.78 Å². The molecule has 0 spiro atoms. The van der Waals surface area contributed by atoms with E-state index in [0.29, 0.717) is 0 Å². The quantitative estimate of drug-likeness (QED) is 0.822. The summed E-state index contributed by atoms with van der Waals surface area (Å²) in [5.41, 5.74) is 3.22. The molecule has 0 aliphatic rings.